The van der Waals surface area contributed by atoms with E-state index in [1.165, 1.54) is 19.3 Å². The Labute approximate surface area is 161 Å². The maximum absolute atomic E-state index is 13.0. The average molecular weight is 373 g/mol. The Morgan fingerprint density at radius 1 is 1.11 bits per heavy atom. The van der Waals surface area contributed by atoms with Crippen molar-refractivity contribution < 1.29 is 14.3 Å². The molecule has 0 spiro atoms. The van der Waals surface area contributed by atoms with E-state index in [4.69, 9.17) is 4.74 Å². The van der Waals surface area contributed by atoms with E-state index in [2.05, 4.69) is 10.6 Å². The number of piperazine rings is 1. The van der Waals surface area contributed by atoms with Gasteiger partial charge in [0.05, 0.1) is 6.61 Å². The summed E-state index contributed by atoms with van der Waals surface area (Å²) in [6, 6.07) is 9.21. The van der Waals surface area contributed by atoms with Crippen molar-refractivity contribution in [2.45, 2.75) is 44.6 Å². The van der Waals surface area contributed by atoms with Gasteiger partial charge in [0.2, 0.25) is 5.91 Å². The fourth-order valence-corrected chi connectivity index (χ4v) is 3.89. The Hall–Kier alpha value is -2.08. The molecule has 2 amide bonds. The molecule has 1 aliphatic heterocycles. The standard InChI is InChI=1S/C21H31N3O3/c25-20(24-13-11-22-12-14-24)19(15-17-7-3-1-4-8-17)23-21(26)27-16-18-9-5-2-6-10-18/h1,3-4,7-8,18-19,22H,2,5-6,9-16H2,(H,23,26)/t19-/m0/s1. The van der Waals surface area contributed by atoms with Gasteiger partial charge in [-0.3, -0.25) is 4.79 Å². The zero-order chi connectivity index (χ0) is 18.9. The number of amides is 2. The number of ether oxygens (including phenoxy) is 1. The number of rotatable bonds is 6. The Kier molecular flexibility index (Phi) is 7.51. The molecule has 2 N–H and O–H groups in total. The van der Waals surface area contributed by atoms with Crippen LogP contribution in [0.2, 0.25) is 0 Å². The van der Waals surface area contributed by atoms with Crippen LogP contribution in [0, 0.1) is 5.92 Å². The highest BCUT2D eigenvalue weighted by Gasteiger charge is 2.28. The highest BCUT2D eigenvalue weighted by molar-refractivity contribution is 5.86. The molecular weight excluding hydrogens is 342 g/mol. The van der Waals surface area contributed by atoms with Gasteiger partial charge in [-0.25, -0.2) is 4.79 Å². The fourth-order valence-electron chi connectivity index (χ4n) is 3.89. The smallest absolute Gasteiger partial charge is 0.407 e. The van der Waals surface area contributed by atoms with Crippen molar-refractivity contribution in [2.75, 3.05) is 32.8 Å². The summed E-state index contributed by atoms with van der Waals surface area (Å²) in [5, 5.41) is 6.08. The van der Waals surface area contributed by atoms with Crippen molar-refractivity contribution in [3.8, 4) is 0 Å². The number of hydrogen-bond donors (Lipinski definition) is 2. The maximum Gasteiger partial charge on any atom is 0.407 e. The predicted molar refractivity (Wildman–Crippen MR) is 104 cm³/mol. The molecule has 0 radical (unpaired) electrons. The molecule has 1 aromatic carbocycles. The Morgan fingerprint density at radius 3 is 2.52 bits per heavy atom. The summed E-state index contributed by atoms with van der Waals surface area (Å²) in [5.74, 6) is 0.427. The minimum absolute atomic E-state index is 0.0324. The second-order valence-corrected chi connectivity index (χ2v) is 7.56. The van der Waals surface area contributed by atoms with E-state index in [9.17, 15) is 9.59 Å². The summed E-state index contributed by atoms with van der Waals surface area (Å²) >= 11 is 0. The molecule has 6 heteroatoms. The van der Waals surface area contributed by atoms with E-state index in [0.717, 1.165) is 31.5 Å². The SMILES string of the molecule is O=C(N[C@@H](Cc1ccccc1)C(=O)N1CCNCC1)OCC1CCCCC1. The van der Waals surface area contributed by atoms with E-state index in [1.54, 1.807) is 0 Å². The highest BCUT2D eigenvalue weighted by atomic mass is 16.5. The van der Waals surface area contributed by atoms with E-state index in [-0.39, 0.29) is 5.91 Å². The number of hydrogen-bond acceptors (Lipinski definition) is 4. The van der Waals surface area contributed by atoms with Gasteiger partial charge in [-0.15, -0.1) is 0 Å². The van der Waals surface area contributed by atoms with Crippen LogP contribution in [-0.2, 0) is 16.0 Å². The van der Waals surface area contributed by atoms with Gasteiger partial charge in [-0.2, -0.15) is 0 Å². The zero-order valence-electron chi connectivity index (χ0n) is 16.0. The van der Waals surface area contributed by atoms with E-state index in [1.807, 2.05) is 35.2 Å². The topological polar surface area (TPSA) is 70.7 Å². The lowest BCUT2D eigenvalue weighted by molar-refractivity contribution is -0.133. The Morgan fingerprint density at radius 2 is 1.81 bits per heavy atom. The molecule has 3 rings (SSSR count). The van der Waals surface area contributed by atoms with Gasteiger partial charge in [0.25, 0.3) is 0 Å². The highest BCUT2D eigenvalue weighted by Crippen LogP contribution is 2.23. The first kappa shape index (κ1) is 19.7. The first-order valence-corrected chi connectivity index (χ1v) is 10.2. The van der Waals surface area contributed by atoms with Crippen molar-refractivity contribution in [1.29, 1.82) is 0 Å². The normalized spacial score (nSPS) is 19.3. The monoisotopic (exact) mass is 373 g/mol. The van der Waals surface area contributed by atoms with Crippen LogP contribution in [0.5, 0.6) is 0 Å². The molecule has 1 saturated heterocycles. The maximum atomic E-state index is 13.0. The number of carbonyl (C=O) groups is 2. The minimum Gasteiger partial charge on any atom is -0.449 e. The van der Waals surface area contributed by atoms with Crippen LogP contribution in [0.3, 0.4) is 0 Å². The summed E-state index contributed by atoms with van der Waals surface area (Å²) in [6.07, 6.45) is 5.95. The van der Waals surface area contributed by atoms with E-state index < -0.39 is 12.1 Å². The van der Waals surface area contributed by atoms with Gasteiger partial charge in [0.1, 0.15) is 6.04 Å². The molecule has 1 atom stereocenters. The lowest BCUT2D eigenvalue weighted by atomic mass is 9.90. The van der Waals surface area contributed by atoms with E-state index >= 15 is 0 Å². The van der Waals surface area contributed by atoms with Crippen molar-refractivity contribution in [3.63, 3.8) is 0 Å². The molecule has 6 nitrogen and oxygen atoms in total. The van der Waals surface area contributed by atoms with Crippen molar-refractivity contribution >= 4 is 12.0 Å². The number of carbonyl (C=O) groups excluding carboxylic acids is 2. The second-order valence-electron chi connectivity index (χ2n) is 7.56. The molecular formula is C21H31N3O3. The quantitative estimate of drug-likeness (QED) is 0.803. The fraction of sp³-hybridized carbons (Fsp3) is 0.619. The molecule has 2 fully saturated rings. The summed E-state index contributed by atoms with van der Waals surface area (Å²) in [6.45, 7) is 3.36. The van der Waals surface area contributed by atoms with Crippen molar-refractivity contribution in [2.24, 2.45) is 5.92 Å². The number of benzene rings is 1. The number of nitrogens with zero attached hydrogens (tertiary/aromatic N) is 1. The third-order valence-corrected chi connectivity index (χ3v) is 5.48. The van der Waals surface area contributed by atoms with Crippen LogP contribution < -0.4 is 10.6 Å². The molecule has 0 unspecified atom stereocenters. The van der Waals surface area contributed by atoms with Crippen molar-refractivity contribution in [3.05, 3.63) is 35.9 Å². The van der Waals surface area contributed by atoms with Gasteiger partial charge >= 0.3 is 6.09 Å². The van der Waals surface area contributed by atoms with Crippen LogP contribution >= 0.6 is 0 Å². The average Bonchev–Trinajstić information content (AvgIpc) is 2.73. The van der Waals surface area contributed by atoms with E-state index in [0.29, 0.717) is 32.0 Å². The minimum atomic E-state index is -0.593. The third-order valence-electron chi connectivity index (χ3n) is 5.48. The zero-order valence-corrected chi connectivity index (χ0v) is 16.0. The van der Waals surface area contributed by atoms with Gasteiger partial charge in [-0.05, 0) is 24.3 Å². The molecule has 27 heavy (non-hydrogen) atoms. The van der Waals surface area contributed by atoms with Gasteiger partial charge < -0.3 is 20.3 Å². The number of alkyl carbamates (subject to hydrolysis) is 1. The molecule has 2 aliphatic rings. The first-order chi connectivity index (χ1) is 13.2. The van der Waals surface area contributed by atoms with Crippen molar-refractivity contribution in [1.82, 2.24) is 15.5 Å². The molecule has 0 aromatic heterocycles. The third kappa shape index (κ3) is 6.24. The lowest BCUT2D eigenvalue weighted by Crippen LogP contribution is -2.54. The summed E-state index contributed by atoms with van der Waals surface area (Å²) in [7, 11) is 0. The van der Waals surface area contributed by atoms with Gasteiger partial charge in [0, 0.05) is 32.6 Å². The molecule has 1 saturated carbocycles. The van der Waals surface area contributed by atoms with Crippen LogP contribution in [0.4, 0.5) is 4.79 Å². The largest absolute Gasteiger partial charge is 0.449 e. The predicted octanol–water partition coefficient (Wildman–Crippen LogP) is 2.34. The Balaban J connectivity index is 1.57. The number of nitrogens with one attached hydrogen (secondary N) is 2. The van der Waals surface area contributed by atoms with Crippen LogP contribution in [-0.4, -0.2) is 55.7 Å². The van der Waals surface area contributed by atoms with Gasteiger partial charge in [0.15, 0.2) is 0 Å². The van der Waals surface area contributed by atoms with Crippen LogP contribution in [0.25, 0.3) is 0 Å². The van der Waals surface area contributed by atoms with Crippen LogP contribution in [0.1, 0.15) is 37.7 Å². The molecule has 0 bridgehead atoms. The van der Waals surface area contributed by atoms with Gasteiger partial charge in [-0.1, -0.05) is 49.6 Å². The first-order valence-electron chi connectivity index (χ1n) is 10.2. The molecule has 1 heterocycles. The lowest BCUT2D eigenvalue weighted by Gasteiger charge is -2.31. The molecule has 1 aliphatic carbocycles. The molecule has 148 valence electrons. The Bertz CT molecular complexity index is 596. The summed E-state index contributed by atoms with van der Waals surface area (Å²) in [5.41, 5.74) is 1.03. The summed E-state index contributed by atoms with van der Waals surface area (Å²) < 4.78 is 5.45. The van der Waals surface area contributed by atoms with Crippen LogP contribution in [0.15, 0.2) is 30.3 Å². The second kappa shape index (κ2) is 10.3. The summed E-state index contributed by atoms with van der Waals surface area (Å²) in [4.78, 5) is 27.2. The molecule has 1 aromatic rings.